The summed E-state index contributed by atoms with van der Waals surface area (Å²) in [5, 5.41) is 10.4. The standard InChI is InChI=1S/C40H32N2O8/c1-20-16-30(43)28-19-27-24(25(34(28)36(20)44)13-8-21-17-32(48-2)37(45)33(18-21)49-3)14-15-26-35(27)40(47)42(39(26)46)23-11-9-22(10-12-23)38-41-29-6-4-5-7-31(29)50-38/h4-14,16-18,25-27,35,45H,15,19H2,1-3H3. The van der Waals surface area contributed by atoms with Gasteiger partial charge >= 0.3 is 0 Å². The molecule has 3 aromatic carbocycles. The fraction of sp³-hybridized carbons (Fsp3) is 0.225. The highest BCUT2D eigenvalue weighted by atomic mass is 16.5. The third-order valence-corrected chi connectivity index (χ3v) is 10.3. The minimum absolute atomic E-state index is 0.139. The molecule has 1 aromatic heterocycles. The van der Waals surface area contributed by atoms with Crippen molar-refractivity contribution < 1.29 is 38.2 Å². The number of hydrogen-bond acceptors (Lipinski definition) is 9. The second kappa shape index (κ2) is 11.8. The third-order valence-electron chi connectivity index (χ3n) is 10.3. The molecule has 0 radical (unpaired) electrons. The largest absolute Gasteiger partial charge is 0.502 e. The van der Waals surface area contributed by atoms with Gasteiger partial charge in [-0.15, -0.1) is 0 Å². The number of benzene rings is 3. The van der Waals surface area contributed by atoms with Gasteiger partial charge in [0.25, 0.3) is 0 Å². The van der Waals surface area contributed by atoms with Crippen LogP contribution < -0.4 is 14.4 Å². The summed E-state index contributed by atoms with van der Waals surface area (Å²) in [5.74, 6) is -2.74. The lowest BCUT2D eigenvalue weighted by atomic mass is 9.60. The zero-order valence-electron chi connectivity index (χ0n) is 27.5. The Morgan fingerprint density at radius 3 is 2.36 bits per heavy atom. The van der Waals surface area contributed by atoms with Crippen LogP contribution in [0.15, 0.2) is 106 Å². The van der Waals surface area contributed by atoms with E-state index in [0.29, 0.717) is 51.4 Å². The lowest BCUT2D eigenvalue weighted by Gasteiger charge is -2.41. The number of phenols is 1. The van der Waals surface area contributed by atoms with E-state index in [1.807, 2.05) is 36.4 Å². The van der Waals surface area contributed by atoms with Crippen LogP contribution in [0.5, 0.6) is 17.2 Å². The summed E-state index contributed by atoms with van der Waals surface area (Å²) in [6, 6.07) is 17.7. The summed E-state index contributed by atoms with van der Waals surface area (Å²) in [7, 11) is 2.87. The maximum atomic E-state index is 14.3. The number of fused-ring (bicyclic) bond motifs is 4. The first-order chi connectivity index (χ1) is 24.2. The second-order valence-electron chi connectivity index (χ2n) is 13.0. The van der Waals surface area contributed by atoms with E-state index in [9.17, 15) is 24.3 Å². The molecule has 50 heavy (non-hydrogen) atoms. The van der Waals surface area contributed by atoms with E-state index in [2.05, 4.69) is 4.98 Å². The normalized spacial score (nSPS) is 23.2. The van der Waals surface area contributed by atoms with Gasteiger partial charge in [-0.05, 0) is 85.9 Å². The Morgan fingerprint density at radius 2 is 1.66 bits per heavy atom. The Balaban J connectivity index is 1.14. The number of carbonyl (C=O) groups excluding carboxylic acids is 4. The molecule has 1 N–H and O–H groups in total. The lowest BCUT2D eigenvalue weighted by Crippen LogP contribution is -2.40. The molecule has 1 fully saturated rings. The molecule has 0 bridgehead atoms. The predicted octanol–water partition coefficient (Wildman–Crippen LogP) is 6.40. The quantitative estimate of drug-likeness (QED) is 0.141. The summed E-state index contributed by atoms with van der Waals surface area (Å²) in [6.45, 7) is 1.63. The molecular formula is C40H32N2O8. The van der Waals surface area contributed by atoms with Gasteiger partial charge in [-0.2, -0.15) is 0 Å². The average Bonchev–Trinajstić information content (AvgIpc) is 3.67. The zero-order valence-corrected chi connectivity index (χ0v) is 27.5. The van der Waals surface area contributed by atoms with Gasteiger partial charge in [-0.1, -0.05) is 35.9 Å². The number of oxazole rings is 1. The zero-order chi connectivity index (χ0) is 34.8. The number of methoxy groups -OCH3 is 2. The topological polar surface area (TPSA) is 136 Å². The minimum Gasteiger partial charge on any atom is -0.502 e. The van der Waals surface area contributed by atoms with Gasteiger partial charge in [0.2, 0.25) is 23.5 Å². The molecule has 8 rings (SSSR count). The molecule has 10 heteroatoms. The van der Waals surface area contributed by atoms with Crippen molar-refractivity contribution in [2.24, 2.45) is 23.7 Å². The van der Waals surface area contributed by atoms with Gasteiger partial charge in [0.05, 0.1) is 31.7 Å². The maximum Gasteiger partial charge on any atom is 0.238 e. The van der Waals surface area contributed by atoms with Crippen LogP contribution in [-0.2, 0) is 19.2 Å². The number of Topliss-reactive ketones (excluding diaryl/α,β-unsaturated/α-hetero) is 1. The number of ether oxygens (including phenoxy) is 2. The number of allylic oxidation sites excluding steroid dienone is 7. The number of aromatic nitrogens is 1. The van der Waals surface area contributed by atoms with Gasteiger partial charge < -0.3 is 19.0 Å². The number of aromatic hydroxyl groups is 1. The molecule has 4 atom stereocenters. The summed E-state index contributed by atoms with van der Waals surface area (Å²) < 4.78 is 16.5. The van der Waals surface area contributed by atoms with E-state index in [1.54, 1.807) is 49.4 Å². The van der Waals surface area contributed by atoms with Crippen LogP contribution >= 0.6 is 0 Å². The number of para-hydroxylation sites is 2. The minimum atomic E-state index is -0.701. The molecule has 0 spiro atoms. The molecule has 0 saturated carbocycles. The van der Waals surface area contributed by atoms with Gasteiger partial charge in [0, 0.05) is 28.2 Å². The molecule has 1 aliphatic heterocycles. The van der Waals surface area contributed by atoms with Crippen LogP contribution in [0.2, 0.25) is 0 Å². The molecule has 250 valence electrons. The third kappa shape index (κ3) is 4.81. The molecule has 2 heterocycles. The highest BCUT2D eigenvalue weighted by molar-refractivity contribution is 6.24. The molecule has 1 saturated heterocycles. The van der Waals surface area contributed by atoms with Gasteiger partial charge in [0.15, 0.2) is 28.6 Å². The number of phenolic OH excluding ortho intramolecular Hbond substituents is 1. The number of ketones is 2. The monoisotopic (exact) mass is 668 g/mol. The maximum absolute atomic E-state index is 14.3. The molecule has 4 unspecified atom stereocenters. The van der Waals surface area contributed by atoms with Crippen molar-refractivity contribution in [3.63, 3.8) is 0 Å². The molecule has 4 aromatic rings. The Bertz CT molecular complexity index is 2210. The number of anilines is 1. The number of nitrogens with zero attached hydrogens (tertiary/aromatic N) is 2. The molecular weight excluding hydrogens is 636 g/mol. The molecule has 4 aliphatic rings. The summed E-state index contributed by atoms with van der Waals surface area (Å²) in [5.41, 5.74) is 5.14. The van der Waals surface area contributed by atoms with E-state index < -0.39 is 23.7 Å². The summed E-state index contributed by atoms with van der Waals surface area (Å²) in [6.07, 6.45) is 7.46. The highest BCUT2D eigenvalue weighted by Gasteiger charge is 2.56. The Hall–Kier alpha value is -6.03. The number of amides is 2. The number of hydrogen-bond donors (Lipinski definition) is 1. The fourth-order valence-corrected chi connectivity index (χ4v) is 7.86. The summed E-state index contributed by atoms with van der Waals surface area (Å²) >= 11 is 0. The van der Waals surface area contributed by atoms with Crippen LogP contribution in [-0.4, -0.2) is 47.7 Å². The Kier molecular flexibility index (Phi) is 7.40. The fourth-order valence-electron chi connectivity index (χ4n) is 7.86. The highest BCUT2D eigenvalue weighted by Crippen LogP contribution is 2.53. The van der Waals surface area contributed by atoms with Crippen molar-refractivity contribution in [2.75, 3.05) is 19.1 Å². The van der Waals surface area contributed by atoms with E-state index >= 15 is 0 Å². The average molecular weight is 669 g/mol. The van der Waals surface area contributed by atoms with Crippen molar-refractivity contribution in [3.05, 3.63) is 107 Å². The number of carbonyl (C=O) groups is 4. The van der Waals surface area contributed by atoms with Gasteiger partial charge in [-0.3, -0.25) is 24.1 Å². The SMILES string of the molecule is COc1cc(C=CC2C3=CCC4C(=O)N(c5ccc(-c6nc7ccccc7o6)cc5)C(=O)C4C3CC3=C2C(=O)C(C)=CC3=O)cc(OC)c1O. The summed E-state index contributed by atoms with van der Waals surface area (Å²) in [4.78, 5) is 61.1. The van der Waals surface area contributed by atoms with Crippen LogP contribution in [0.1, 0.15) is 25.3 Å². The number of imide groups is 1. The van der Waals surface area contributed by atoms with Crippen LogP contribution in [0, 0.1) is 23.7 Å². The smallest absolute Gasteiger partial charge is 0.238 e. The van der Waals surface area contributed by atoms with Crippen LogP contribution in [0.3, 0.4) is 0 Å². The predicted molar refractivity (Wildman–Crippen MR) is 184 cm³/mol. The van der Waals surface area contributed by atoms with Crippen molar-refractivity contribution in [2.45, 2.75) is 19.8 Å². The van der Waals surface area contributed by atoms with Crippen molar-refractivity contribution in [1.29, 1.82) is 0 Å². The second-order valence-corrected chi connectivity index (χ2v) is 13.0. The van der Waals surface area contributed by atoms with Crippen molar-refractivity contribution in [3.8, 4) is 28.7 Å². The number of rotatable bonds is 6. The molecule has 3 aliphatic carbocycles. The van der Waals surface area contributed by atoms with Crippen LogP contribution in [0.4, 0.5) is 5.69 Å². The van der Waals surface area contributed by atoms with E-state index in [0.717, 1.165) is 11.1 Å². The molecule has 2 amide bonds. The Labute approximate surface area is 287 Å². The first-order valence-corrected chi connectivity index (χ1v) is 16.4. The van der Waals surface area contributed by atoms with E-state index in [1.165, 1.54) is 25.2 Å². The van der Waals surface area contributed by atoms with Crippen LogP contribution in [0.25, 0.3) is 28.6 Å². The van der Waals surface area contributed by atoms with Crippen molar-refractivity contribution in [1.82, 2.24) is 4.98 Å². The van der Waals surface area contributed by atoms with E-state index in [4.69, 9.17) is 13.9 Å². The first-order valence-electron chi connectivity index (χ1n) is 16.4. The van der Waals surface area contributed by atoms with E-state index in [-0.39, 0.29) is 47.1 Å². The molecule has 10 nitrogen and oxygen atoms in total. The lowest BCUT2D eigenvalue weighted by molar-refractivity contribution is -0.123. The first kappa shape index (κ1) is 31.3. The van der Waals surface area contributed by atoms with Gasteiger partial charge in [-0.25, -0.2) is 4.98 Å². The van der Waals surface area contributed by atoms with Gasteiger partial charge in [0.1, 0.15) is 5.52 Å². The Morgan fingerprint density at radius 1 is 0.940 bits per heavy atom. The van der Waals surface area contributed by atoms with Crippen molar-refractivity contribution >= 4 is 46.2 Å².